The van der Waals surface area contributed by atoms with Crippen molar-refractivity contribution in [1.82, 2.24) is 4.90 Å². The van der Waals surface area contributed by atoms with E-state index in [1.165, 1.54) is 18.5 Å². The van der Waals surface area contributed by atoms with Gasteiger partial charge in [0, 0.05) is 13.1 Å². The van der Waals surface area contributed by atoms with Gasteiger partial charge in [-0.2, -0.15) is 0 Å². The van der Waals surface area contributed by atoms with E-state index in [-0.39, 0.29) is 0 Å². The summed E-state index contributed by atoms with van der Waals surface area (Å²) in [7, 11) is 2.19. The summed E-state index contributed by atoms with van der Waals surface area (Å²) in [6.07, 6.45) is 3.70. The minimum atomic E-state index is 0.804. The number of likely N-dealkylation sites (N-methyl/N-ethyl adjacent to an activating group) is 1. The third-order valence-corrected chi connectivity index (χ3v) is 2.11. The molecule has 1 atom stereocenters. The van der Waals surface area contributed by atoms with Crippen molar-refractivity contribution >= 4 is 0 Å². The highest BCUT2D eigenvalue weighted by molar-refractivity contribution is 5.07. The summed E-state index contributed by atoms with van der Waals surface area (Å²) in [5.41, 5.74) is 1.53. The van der Waals surface area contributed by atoms with E-state index >= 15 is 0 Å². The van der Waals surface area contributed by atoms with Gasteiger partial charge in [0.1, 0.15) is 0 Å². The van der Waals surface area contributed by atoms with Crippen LogP contribution in [0.25, 0.3) is 0 Å². The highest BCUT2D eigenvalue weighted by atomic mass is 15.1. The first-order chi connectivity index (χ1) is 4.72. The van der Waals surface area contributed by atoms with Crippen LogP contribution in [-0.4, -0.2) is 25.0 Å². The van der Waals surface area contributed by atoms with Gasteiger partial charge in [0.15, 0.2) is 0 Å². The quantitative estimate of drug-likeness (QED) is 0.501. The molecule has 1 heterocycles. The van der Waals surface area contributed by atoms with Crippen LogP contribution in [0.15, 0.2) is 11.6 Å². The minimum absolute atomic E-state index is 0.804. The molecule has 1 unspecified atom stereocenters. The Morgan fingerprint density at radius 2 is 2.40 bits per heavy atom. The molecule has 0 radical (unpaired) electrons. The molecule has 0 aromatic heterocycles. The van der Waals surface area contributed by atoms with Crippen LogP contribution < -0.4 is 0 Å². The maximum absolute atomic E-state index is 2.42. The fraction of sp³-hybridized carbons (Fsp3) is 0.778. The Morgan fingerprint density at radius 3 is 2.90 bits per heavy atom. The zero-order valence-electron chi connectivity index (χ0n) is 7.22. The van der Waals surface area contributed by atoms with Gasteiger partial charge in [-0.3, -0.25) is 0 Å². The Balaban J connectivity index is 2.55. The van der Waals surface area contributed by atoms with Crippen molar-refractivity contribution in [2.45, 2.75) is 20.3 Å². The first kappa shape index (κ1) is 7.80. The van der Waals surface area contributed by atoms with Crippen molar-refractivity contribution in [3.05, 3.63) is 11.6 Å². The highest BCUT2D eigenvalue weighted by Crippen LogP contribution is 2.15. The second kappa shape index (κ2) is 3.20. The maximum Gasteiger partial charge on any atom is 0.0187 e. The molecule has 1 heteroatoms. The van der Waals surface area contributed by atoms with Crippen molar-refractivity contribution in [2.75, 3.05) is 20.1 Å². The van der Waals surface area contributed by atoms with Crippen molar-refractivity contribution in [3.8, 4) is 0 Å². The summed E-state index contributed by atoms with van der Waals surface area (Å²) in [6, 6.07) is 0. The number of nitrogens with zero attached hydrogens (tertiary/aromatic N) is 1. The molecule has 0 aromatic rings. The lowest BCUT2D eigenvalue weighted by Crippen LogP contribution is -2.30. The Labute approximate surface area is 63.7 Å². The molecule has 10 heavy (non-hydrogen) atoms. The summed E-state index contributed by atoms with van der Waals surface area (Å²) >= 11 is 0. The van der Waals surface area contributed by atoms with E-state index in [9.17, 15) is 0 Å². The van der Waals surface area contributed by atoms with Crippen molar-refractivity contribution < 1.29 is 0 Å². The first-order valence-corrected chi connectivity index (χ1v) is 4.08. The van der Waals surface area contributed by atoms with Gasteiger partial charge in [-0.05, 0) is 26.3 Å². The van der Waals surface area contributed by atoms with E-state index in [0.717, 1.165) is 12.5 Å². The van der Waals surface area contributed by atoms with Crippen LogP contribution in [0.3, 0.4) is 0 Å². The molecule has 1 nitrogen and oxygen atoms in total. The molecule has 0 saturated carbocycles. The van der Waals surface area contributed by atoms with Gasteiger partial charge in [-0.1, -0.05) is 18.6 Å². The third kappa shape index (κ3) is 1.84. The van der Waals surface area contributed by atoms with Crippen LogP contribution in [-0.2, 0) is 0 Å². The van der Waals surface area contributed by atoms with E-state index in [0.29, 0.717) is 0 Å². The highest BCUT2D eigenvalue weighted by Gasteiger charge is 2.12. The number of hydrogen-bond acceptors (Lipinski definition) is 1. The maximum atomic E-state index is 2.42. The van der Waals surface area contributed by atoms with Gasteiger partial charge >= 0.3 is 0 Å². The average molecular weight is 139 g/mol. The lowest BCUT2D eigenvalue weighted by Gasteiger charge is -2.27. The lowest BCUT2D eigenvalue weighted by molar-refractivity contribution is 0.299. The molecular formula is C9H17N. The average Bonchev–Trinajstić information content (AvgIpc) is 1.85. The predicted molar refractivity (Wildman–Crippen MR) is 45.0 cm³/mol. The molecule has 0 fully saturated rings. The Hall–Kier alpha value is -0.300. The molecule has 1 aliphatic heterocycles. The standard InChI is InChI=1S/C9H17N/c1-4-9-5-8(2)6-10(3)7-9/h5,9H,4,6-7H2,1-3H3. The van der Waals surface area contributed by atoms with Gasteiger partial charge in [-0.15, -0.1) is 0 Å². The second-order valence-electron chi connectivity index (χ2n) is 3.38. The zero-order chi connectivity index (χ0) is 7.56. The molecule has 0 aliphatic carbocycles. The topological polar surface area (TPSA) is 3.24 Å². The van der Waals surface area contributed by atoms with Crippen LogP contribution in [0.2, 0.25) is 0 Å². The SMILES string of the molecule is CCC1C=C(C)CN(C)C1. The number of hydrogen-bond donors (Lipinski definition) is 0. The smallest absolute Gasteiger partial charge is 0.0187 e. The summed E-state index contributed by atoms with van der Waals surface area (Å²) in [6.45, 7) is 6.89. The predicted octanol–water partition coefficient (Wildman–Crippen LogP) is 1.90. The molecule has 0 saturated heterocycles. The molecule has 1 aliphatic rings. The van der Waals surface area contributed by atoms with Gasteiger partial charge in [0.25, 0.3) is 0 Å². The van der Waals surface area contributed by atoms with Gasteiger partial charge in [0.05, 0.1) is 0 Å². The summed E-state index contributed by atoms with van der Waals surface area (Å²) in [5.74, 6) is 0.804. The van der Waals surface area contributed by atoms with Crippen molar-refractivity contribution in [2.24, 2.45) is 5.92 Å². The van der Waals surface area contributed by atoms with Crippen LogP contribution in [0.1, 0.15) is 20.3 Å². The van der Waals surface area contributed by atoms with Crippen LogP contribution in [0.4, 0.5) is 0 Å². The van der Waals surface area contributed by atoms with Gasteiger partial charge in [0.2, 0.25) is 0 Å². The molecule has 0 spiro atoms. The van der Waals surface area contributed by atoms with Crippen LogP contribution in [0.5, 0.6) is 0 Å². The minimum Gasteiger partial charge on any atom is -0.302 e. The molecule has 1 rings (SSSR count). The molecule has 58 valence electrons. The first-order valence-electron chi connectivity index (χ1n) is 4.08. The van der Waals surface area contributed by atoms with E-state index < -0.39 is 0 Å². The van der Waals surface area contributed by atoms with E-state index in [1.807, 2.05) is 0 Å². The Morgan fingerprint density at radius 1 is 1.70 bits per heavy atom. The van der Waals surface area contributed by atoms with Crippen molar-refractivity contribution in [1.29, 1.82) is 0 Å². The largest absolute Gasteiger partial charge is 0.302 e. The van der Waals surface area contributed by atoms with Gasteiger partial charge < -0.3 is 4.90 Å². The van der Waals surface area contributed by atoms with Crippen LogP contribution in [0, 0.1) is 5.92 Å². The molecule has 0 amide bonds. The summed E-state index contributed by atoms with van der Waals surface area (Å²) in [4.78, 5) is 2.39. The van der Waals surface area contributed by atoms with Crippen LogP contribution >= 0.6 is 0 Å². The number of rotatable bonds is 1. The lowest BCUT2D eigenvalue weighted by atomic mass is 9.99. The third-order valence-electron chi connectivity index (χ3n) is 2.11. The zero-order valence-corrected chi connectivity index (χ0v) is 7.22. The Bertz CT molecular complexity index is 138. The second-order valence-corrected chi connectivity index (χ2v) is 3.38. The molecule has 0 aromatic carbocycles. The summed E-state index contributed by atoms with van der Waals surface area (Å²) < 4.78 is 0. The normalized spacial score (nSPS) is 28.3. The molecular weight excluding hydrogens is 122 g/mol. The molecule has 0 N–H and O–H groups in total. The monoisotopic (exact) mass is 139 g/mol. The molecule has 0 bridgehead atoms. The fourth-order valence-corrected chi connectivity index (χ4v) is 1.65. The summed E-state index contributed by atoms with van der Waals surface area (Å²) in [5, 5.41) is 0. The van der Waals surface area contributed by atoms with E-state index in [1.54, 1.807) is 0 Å². The fourth-order valence-electron chi connectivity index (χ4n) is 1.65. The van der Waals surface area contributed by atoms with Gasteiger partial charge in [-0.25, -0.2) is 0 Å². The van der Waals surface area contributed by atoms with E-state index in [4.69, 9.17) is 0 Å². The Kier molecular flexibility index (Phi) is 2.50. The van der Waals surface area contributed by atoms with Crippen molar-refractivity contribution in [3.63, 3.8) is 0 Å². The van der Waals surface area contributed by atoms with E-state index in [2.05, 4.69) is 31.9 Å².